The lowest BCUT2D eigenvalue weighted by Gasteiger charge is -2.25. The number of hydrogen-bond acceptors (Lipinski definition) is 1. The van der Waals surface area contributed by atoms with Crippen LogP contribution in [0.2, 0.25) is 0 Å². The molecule has 1 heterocycles. The Hall–Kier alpha value is -1.34. The molecule has 1 aromatic heterocycles. The highest BCUT2D eigenvalue weighted by atomic mass is 35.5. The van der Waals surface area contributed by atoms with E-state index in [0.717, 1.165) is 0 Å². The molecule has 2 nitrogen and oxygen atoms in total. The molecule has 0 spiro atoms. The Morgan fingerprint density at radius 1 is 1.10 bits per heavy atom. The summed E-state index contributed by atoms with van der Waals surface area (Å²) >= 11 is 0. The Bertz CT molecular complexity index is 605. The number of alkyl halides is 5. The van der Waals surface area contributed by atoms with Gasteiger partial charge in [-0.15, -0.1) is 12.4 Å². The van der Waals surface area contributed by atoms with E-state index in [4.69, 9.17) is 5.73 Å². The average molecular weight is 315 g/mol. The zero-order valence-electron chi connectivity index (χ0n) is 10.3. The lowest BCUT2D eigenvalue weighted by atomic mass is 10.0. The molecule has 0 radical (unpaired) electrons. The highest BCUT2D eigenvalue weighted by molar-refractivity contribution is 5.85. The van der Waals surface area contributed by atoms with E-state index in [9.17, 15) is 22.0 Å². The molecule has 0 aliphatic heterocycles. The standard InChI is InChI=1S/C12H11F5N2.ClH/c1-19-6-8(7-4-2-3-5-9(7)19)10(18)11(13,14)12(15,16)17;/h2-6,10H,18H2,1H3;1H/t10-;/m0./s1. The number of nitrogens with zero attached hydrogens (tertiary/aromatic N) is 1. The third-order valence-corrected chi connectivity index (χ3v) is 3.03. The van der Waals surface area contributed by atoms with Crippen molar-refractivity contribution in [2.75, 3.05) is 0 Å². The minimum Gasteiger partial charge on any atom is -0.350 e. The van der Waals surface area contributed by atoms with Gasteiger partial charge in [0, 0.05) is 29.7 Å². The number of hydrogen-bond donors (Lipinski definition) is 1. The first kappa shape index (κ1) is 16.7. The van der Waals surface area contributed by atoms with E-state index in [1.165, 1.54) is 16.8 Å². The van der Waals surface area contributed by atoms with Crippen LogP contribution in [-0.2, 0) is 7.05 Å². The molecule has 0 amide bonds. The van der Waals surface area contributed by atoms with Crippen LogP contribution in [0, 0.1) is 0 Å². The predicted molar refractivity (Wildman–Crippen MR) is 68.1 cm³/mol. The van der Waals surface area contributed by atoms with Crippen molar-refractivity contribution in [3.05, 3.63) is 36.0 Å². The van der Waals surface area contributed by atoms with Crippen LogP contribution in [-0.4, -0.2) is 16.7 Å². The number of nitrogens with two attached hydrogens (primary N) is 1. The number of aromatic nitrogens is 1. The van der Waals surface area contributed by atoms with Crippen LogP contribution < -0.4 is 5.73 Å². The van der Waals surface area contributed by atoms with Crippen molar-refractivity contribution in [2.24, 2.45) is 12.8 Å². The van der Waals surface area contributed by atoms with Gasteiger partial charge in [-0.1, -0.05) is 18.2 Å². The monoisotopic (exact) mass is 314 g/mol. The lowest BCUT2D eigenvalue weighted by molar-refractivity contribution is -0.290. The number of halogens is 6. The zero-order valence-corrected chi connectivity index (χ0v) is 11.1. The number of benzene rings is 1. The van der Waals surface area contributed by atoms with E-state index in [1.54, 1.807) is 25.2 Å². The highest BCUT2D eigenvalue weighted by Gasteiger charge is 2.62. The van der Waals surface area contributed by atoms with E-state index in [0.29, 0.717) is 10.9 Å². The maximum atomic E-state index is 13.3. The van der Waals surface area contributed by atoms with Crippen molar-refractivity contribution in [3.63, 3.8) is 0 Å². The van der Waals surface area contributed by atoms with Gasteiger partial charge < -0.3 is 10.3 Å². The van der Waals surface area contributed by atoms with E-state index >= 15 is 0 Å². The number of aryl methyl sites for hydroxylation is 1. The Morgan fingerprint density at radius 3 is 2.20 bits per heavy atom. The van der Waals surface area contributed by atoms with E-state index < -0.39 is 18.1 Å². The zero-order chi connectivity index (χ0) is 14.4. The van der Waals surface area contributed by atoms with E-state index in [1.807, 2.05) is 0 Å². The summed E-state index contributed by atoms with van der Waals surface area (Å²) in [5.74, 6) is -4.98. The van der Waals surface area contributed by atoms with Crippen molar-refractivity contribution >= 4 is 23.3 Å². The molecule has 1 aromatic carbocycles. The largest absolute Gasteiger partial charge is 0.455 e. The molecule has 0 bridgehead atoms. The van der Waals surface area contributed by atoms with Crippen molar-refractivity contribution in [2.45, 2.75) is 18.1 Å². The molecule has 0 fully saturated rings. The van der Waals surface area contributed by atoms with Crippen LogP contribution in [0.15, 0.2) is 30.5 Å². The molecule has 0 saturated heterocycles. The SMILES string of the molecule is Cl.Cn1cc([C@H](N)C(F)(F)C(F)(F)F)c2ccccc21. The molecule has 2 aromatic rings. The summed E-state index contributed by atoms with van der Waals surface area (Å²) in [6.07, 6.45) is -4.47. The summed E-state index contributed by atoms with van der Waals surface area (Å²) in [6.45, 7) is 0. The van der Waals surface area contributed by atoms with Crippen LogP contribution in [0.4, 0.5) is 22.0 Å². The Morgan fingerprint density at radius 2 is 1.65 bits per heavy atom. The first-order valence-electron chi connectivity index (χ1n) is 5.40. The molecule has 8 heteroatoms. The van der Waals surface area contributed by atoms with Crippen molar-refractivity contribution in [1.82, 2.24) is 4.57 Å². The predicted octanol–water partition coefficient (Wildman–Crippen LogP) is 3.80. The smallest absolute Gasteiger partial charge is 0.350 e. The van der Waals surface area contributed by atoms with Gasteiger partial charge in [0.05, 0.1) is 0 Å². The van der Waals surface area contributed by atoms with Crippen LogP contribution in [0.5, 0.6) is 0 Å². The van der Waals surface area contributed by atoms with Gasteiger partial charge in [0.25, 0.3) is 0 Å². The summed E-state index contributed by atoms with van der Waals surface area (Å²) in [4.78, 5) is 0. The topological polar surface area (TPSA) is 30.9 Å². The summed E-state index contributed by atoms with van der Waals surface area (Å²) < 4.78 is 65.1. The molecule has 1 atom stereocenters. The Balaban J connectivity index is 0.00000200. The number of para-hydroxylation sites is 1. The fraction of sp³-hybridized carbons (Fsp3) is 0.333. The summed E-state index contributed by atoms with van der Waals surface area (Å²) in [5, 5.41) is 0.293. The van der Waals surface area contributed by atoms with Crippen LogP contribution in [0.1, 0.15) is 11.6 Å². The van der Waals surface area contributed by atoms with Gasteiger partial charge >= 0.3 is 12.1 Å². The lowest BCUT2D eigenvalue weighted by Crippen LogP contribution is -2.45. The fourth-order valence-electron chi connectivity index (χ4n) is 1.99. The number of fused-ring (bicyclic) bond motifs is 1. The van der Waals surface area contributed by atoms with E-state index in [-0.39, 0.29) is 18.0 Å². The van der Waals surface area contributed by atoms with Gasteiger partial charge in [-0.05, 0) is 6.07 Å². The summed E-state index contributed by atoms with van der Waals surface area (Å²) in [6, 6.07) is 3.89. The molecule has 0 saturated carbocycles. The molecule has 20 heavy (non-hydrogen) atoms. The van der Waals surface area contributed by atoms with Crippen molar-refractivity contribution in [3.8, 4) is 0 Å². The molecule has 0 aliphatic rings. The second-order valence-corrected chi connectivity index (χ2v) is 4.31. The molecule has 112 valence electrons. The molecular weight excluding hydrogens is 303 g/mol. The third kappa shape index (κ3) is 2.47. The van der Waals surface area contributed by atoms with Crippen LogP contribution in [0.25, 0.3) is 10.9 Å². The summed E-state index contributed by atoms with van der Waals surface area (Å²) in [5.41, 5.74) is 5.48. The normalized spacial score (nSPS) is 14.2. The van der Waals surface area contributed by atoms with Crippen molar-refractivity contribution < 1.29 is 22.0 Å². The Labute approximate surface area is 117 Å². The molecule has 2 rings (SSSR count). The quantitative estimate of drug-likeness (QED) is 0.840. The van der Waals surface area contributed by atoms with Crippen molar-refractivity contribution in [1.29, 1.82) is 0 Å². The average Bonchev–Trinajstić information content (AvgIpc) is 2.65. The van der Waals surface area contributed by atoms with Gasteiger partial charge in [0.2, 0.25) is 0 Å². The second-order valence-electron chi connectivity index (χ2n) is 4.31. The van der Waals surface area contributed by atoms with E-state index in [2.05, 4.69) is 0 Å². The fourth-order valence-corrected chi connectivity index (χ4v) is 1.99. The Kier molecular flexibility index (Phi) is 4.36. The maximum absolute atomic E-state index is 13.3. The van der Waals surface area contributed by atoms with Gasteiger partial charge in [-0.25, -0.2) is 0 Å². The van der Waals surface area contributed by atoms with Crippen LogP contribution >= 0.6 is 12.4 Å². The number of rotatable bonds is 2. The molecule has 0 unspecified atom stereocenters. The van der Waals surface area contributed by atoms with Gasteiger partial charge in [0.1, 0.15) is 6.04 Å². The summed E-state index contributed by atoms with van der Waals surface area (Å²) in [7, 11) is 1.56. The first-order valence-corrected chi connectivity index (χ1v) is 5.40. The minimum atomic E-state index is -5.68. The van der Waals surface area contributed by atoms with Gasteiger partial charge in [0.15, 0.2) is 0 Å². The molecule has 2 N–H and O–H groups in total. The van der Waals surface area contributed by atoms with Gasteiger partial charge in [-0.2, -0.15) is 22.0 Å². The van der Waals surface area contributed by atoms with Gasteiger partial charge in [-0.3, -0.25) is 0 Å². The molecular formula is C12H12ClF5N2. The molecule has 0 aliphatic carbocycles. The minimum absolute atomic E-state index is 0. The maximum Gasteiger partial charge on any atom is 0.455 e. The second kappa shape index (κ2) is 5.21. The highest BCUT2D eigenvalue weighted by Crippen LogP contribution is 2.44. The first-order chi connectivity index (χ1) is 8.66. The third-order valence-electron chi connectivity index (χ3n) is 3.03. The van der Waals surface area contributed by atoms with Crippen LogP contribution in [0.3, 0.4) is 0 Å².